The minimum atomic E-state index is -3.64. The smallest absolute Gasteiger partial charge is 0.261 e. The van der Waals surface area contributed by atoms with Crippen molar-refractivity contribution in [3.05, 3.63) is 46.9 Å². The van der Waals surface area contributed by atoms with Gasteiger partial charge in [0, 0.05) is 25.0 Å². The predicted octanol–water partition coefficient (Wildman–Crippen LogP) is 1.70. The molecule has 0 amide bonds. The fourth-order valence-electron chi connectivity index (χ4n) is 4.08. The Bertz CT molecular complexity index is 1360. The van der Waals surface area contributed by atoms with E-state index in [9.17, 15) is 23.6 Å². The average Bonchev–Trinajstić information content (AvgIpc) is 3.52. The minimum absolute atomic E-state index is 0.0966. The molecule has 1 saturated heterocycles. The Morgan fingerprint density at radius 3 is 2.59 bits per heavy atom. The highest BCUT2D eigenvalue weighted by molar-refractivity contribution is 7.89. The predicted molar refractivity (Wildman–Crippen MR) is 117 cm³/mol. The number of rotatable bonds is 7. The number of aromatic amines is 1. The van der Waals surface area contributed by atoms with Gasteiger partial charge >= 0.3 is 0 Å². The summed E-state index contributed by atoms with van der Waals surface area (Å²) in [4.78, 5) is 15.4. The number of sulfonamides is 1. The van der Waals surface area contributed by atoms with Crippen LogP contribution in [-0.2, 0) is 10.0 Å². The lowest BCUT2D eigenvalue weighted by Gasteiger charge is -2.34. The van der Waals surface area contributed by atoms with Crippen LogP contribution in [0.2, 0.25) is 0 Å². The van der Waals surface area contributed by atoms with E-state index in [-0.39, 0.29) is 29.6 Å². The first-order valence-electron chi connectivity index (χ1n) is 10.4. The molecule has 5 rings (SSSR count). The van der Waals surface area contributed by atoms with Gasteiger partial charge in [0.2, 0.25) is 10.0 Å². The van der Waals surface area contributed by atoms with E-state index in [0.29, 0.717) is 34.7 Å². The summed E-state index contributed by atoms with van der Waals surface area (Å²) < 4.78 is 28.1. The second kappa shape index (κ2) is 7.74. The number of hydrogen-bond acceptors (Lipinski definition) is 7. The fourth-order valence-corrected chi connectivity index (χ4v) is 5.59. The Morgan fingerprint density at radius 1 is 1.25 bits per heavy atom. The van der Waals surface area contributed by atoms with Crippen molar-refractivity contribution >= 4 is 32.4 Å². The molecule has 10 nitrogen and oxygen atoms in total. The Morgan fingerprint density at radius 2 is 1.97 bits per heavy atom. The molecule has 1 unspecified atom stereocenters. The largest absolute Gasteiger partial charge is 0.390 e. The third kappa shape index (κ3) is 3.56. The third-order valence-corrected chi connectivity index (χ3v) is 7.84. The molecule has 2 aliphatic rings. The number of hydrogen-bond donors (Lipinski definition) is 3. The molecule has 3 N–H and O–H groups in total. The first kappa shape index (κ1) is 20.7. The number of aromatic nitrogens is 3. The van der Waals surface area contributed by atoms with Crippen LogP contribution in [0.4, 0.5) is 11.5 Å². The lowest BCUT2D eigenvalue weighted by atomic mass is 10.1. The maximum atomic E-state index is 12.6. The highest BCUT2D eigenvalue weighted by atomic mass is 32.2. The van der Waals surface area contributed by atoms with Gasteiger partial charge in [-0.2, -0.15) is 14.7 Å². The molecule has 11 heteroatoms. The molecular formula is C21H22N6O4S. The molecule has 2 aromatic heterocycles. The number of nitriles is 1. The number of pyridine rings is 1. The van der Waals surface area contributed by atoms with Gasteiger partial charge in [0.1, 0.15) is 5.39 Å². The first-order valence-corrected chi connectivity index (χ1v) is 11.8. The van der Waals surface area contributed by atoms with Gasteiger partial charge in [-0.3, -0.25) is 9.48 Å². The van der Waals surface area contributed by atoms with Gasteiger partial charge < -0.3 is 15.4 Å². The quantitative estimate of drug-likeness (QED) is 0.493. The van der Waals surface area contributed by atoms with Crippen molar-refractivity contribution in [1.82, 2.24) is 19.1 Å². The van der Waals surface area contributed by atoms with Gasteiger partial charge in [-0.25, -0.2) is 8.42 Å². The standard InChI is InChI=1S/C21H22N6O4S/c22-9-7-17(13-1-2-13)27-18-8-10-23-21(29)19(18)20(25-27)24-14-3-5-16(6-4-14)32(30,31)26-11-15(28)12-26/h3-6,8,10,13,15,17,28H,1-2,7,11-12H2,(H,23,29)(H,24,25). The van der Waals surface area contributed by atoms with Crippen LogP contribution in [0.3, 0.4) is 0 Å². The van der Waals surface area contributed by atoms with Crippen LogP contribution in [0.1, 0.15) is 25.3 Å². The topological polar surface area (TPSA) is 144 Å². The highest BCUT2D eigenvalue weighted by Crippen LogP contribution is 2.43. The van der Waals surface area contributed by atoms with Crippen molar-refractivity contribution in [2.24, 2.45) is 5.92 Å². The number of nitrogens with one attached hydrogen (secondary N) is 2. The molecule has 1 aliphatic heterocycles. The van der Waals surface area contributed by atoms with Crippen LogP contribution in [-0.4, -0.2) is 51.8 Å². The molecule has 166 valence electrons. The fraction of sp³-hybridized carbons (Fsp3) is 0.381. The molecule has 0 radical (unpaired) electrons. The molecular weight excluding hydrogens is 432 g/mol. The summed E-state index contributed by atoms with van der Waals surface area (Å²) in [6.45, 7) is 0.193. The summed E-state index contributed by atoms with van der Waals surface area (Å²) >= 11 is 0. The number of H-pyrrole nitrogens is 1. The van der Waals surface area contributed by atoms with E-state index >= 15 is 0 Å². The Balaban J connectivity index is 1.47. The Kier molecular flexibility index (Phi) is 5.00. The molecule has 1 aliphatic carbocycles. The number of nitrogens with zero attached hydrogens (tertiary/aromatic N) is 4. The van der Waals surface area contributed by atoms with Crippen LogP contribution in [0.5, 0.6) is 0 Å². The molecule has 32 heavy (non-hydrogen) atoms. The van der Waals surface area contributed by atoms with E-state index in [2.05, 4.69) is 21.5 Å². The minimum Gasteiger partial charge on any atom is -0.390 e. The second-order valence-corrected chi connectivity index (χ2v) is 10.2. The van der Waals surface area contributed by atoms with E-state index in [0.717, 1.165) is 12.8 Å². The number of fused-ring (bicyclic) bond motifs is 1. The summed E-state index contributed by atoms with van der Waals surface area (Å²) in [5.41, 5.74) is 0.933. The van der Waals surface area contributed by atoms with Gasteiger partial charge in [-0.15, -0.1) is 0 Å². The van der Waals surface area contributed by atoms with E-state index in [4.69, 9.17) is 0 Å². The SMILES string of the molecule is N#CCC(C1CC1)n1nc(Nc2ccc(S(=O)(=O)N3CC(O)C3)cc2)c2c(=O)[nH]ccc21. The monoisotopic (exact) mass is 454 g/mol. The van der Waals surface area contributed by atoms with Crippen molar-refractivity contribution in [3.8, 4) is 6.07 Å². The van der Waals surface area contributed by atoms with Crippen molar-refractivity contribution in [2.75, 3.05) is 18.4 Å². The molecule has 0 spiro atoms. The van der Waals surface area contributed by atoms with Gasteiger partial charge in [0.25, 0.3) is 5.56 Å². The maximum Gasteiger partial charge on any atom is 0.261 e. The normalized spacial score (nSPS) is 18.2. The number of β-amino-alcohol motifs (C(OH)–C–C–N with tert-alkyl or cyclic N) is 1. The van der Waals surface area contributed by atoms with Crippen LogP contribution < -0.4 is 10.9 Å². The number of aliphatic hydroxyl groups is 1. The molecule has 3 aromatic rings. The van der Waals surface area contributed by atoms with Crippen LogP contribution >= 0.6 is 0 Å². The Hall–Kier alpha value is -3.20. The van der Waals surface area contributed by atoms with Gasteiger partial charge in [-0.05, 0) is 49.1 Å². The zero-order valence-electron chi connectivity index (χ0n) is 17.1. The summed E-state index contributed by atoms with van der Waals surface area (Å²) in [6.07, 6.45) is 3.32. The zero-order chi connectivity index (χ0) is 22.5. The molecule has 2 fully saturated rings. The molecule has 1 atom stereocenters. The molecule has 0 bridgehead atoms. The Labute approximate surface area is 184 Å². The number of benzene rings is 1. The lowest BCUT2D eigenvalue weighted by molar-refractivity contribution is 0.0548. The molecule has 1 aromatic carbocycles. The number of aliphatic hydroxyl groups excluding tert-OH is 1. The zero-order valence-corrected chi connectivity index (χ0v) is 17.9. The lowest BCUT2D eigenvalue weighted by Crippen LogP contribution is -2.53. The summed E-state index contributed by atoms with van der Waals surface area (Å²) in [5, 5.41) is 26.8. The average molecular weight is 455 g/mol. The second-order valence-electron chi connectivity index (χ2n) is 8.25. The van der Waals surface area contributed by atoms with E-state index in [1.165, 1.54) is 16.4 Å². The van der Waals surface area contributed by atoms with Gasteiger partial charge in [-0.1, -0.05) is 0 Å². The summed E-state index contributed by atoms with van der Waals surface area (Å²) in [7, 11) is -3.64. The van der Waals surface area contributed by atoms with E-state index in [1.807, 2.05) is 0 Å². The maximum absolute atomic E-state index is 12.6. The van der Waals surface area contributed by atoms with Crippen molar-refractivity contribution in [2.45, 2.75) is 36.3 Å². The summed E-state index contributed by atoms with van der Waals surface area (Å²) in [6, 6.07) is 10.1. The highest BCUT2D eigenvalue weighted by Gasteiger charge is 2.36. The van der Waals surface area contributed by atoms with Gasteiger partial charge in [0.15, 0.2) is 5.82 Å². The van der Waals surface area contributed by atoms with Crippen molar-refractivity contribution < 1.29 is 13.5 Å². The van der Waals surface area contributed by atoms with Crippen LogP contribution in [0.25, 0.3) is 10.9 Å². The van der Waals surface area contributed by atoms with E-state index < -0.39 is 16.1 Å². The van der Waals surface area contributed by atoms with Crippen LogP contribution in [0, 0.1) is 17.2 Å². The third-order valence-electron chi connectivity index (χ3n) is 5.99. The molecule has 3 heterocycles. The van der Waals surface area contributed by atoms with E-state index in [1.54, 1.807) is 29.1 Å². The summed E-state index contributed by atoms with van der Waals surface area (Å²) in [5.74, 6) is 0.723. The van der Waals surface area contributed by atoms with Crippen LogP contribution in [0.15, 0.2) is 46.2 Å². The number of anilines is 2. The van der Waals surface area contributed by atoms with Gasteiger partial charge in [0.05, 0.1) is 35.0 Å². The first-order chi connectivity index (χ1) is 15.4. The van der Waals surface area contributed by atoms with Crippen molar-refractivity contribution in [3.63, 3.8) is 0 Å². The van der Waals surface area contributed by atoms with Crippen molar-refractivity contribution in [1.29, 1.82) is 5.26 Å². The molecule has 1 saturated carbocycles.